The van der Waals surface area contributed by atoms with Crippen molar-refractivity contribution in [3.8, 4) is 5.75 Å². The van der Waals surface area contributed by atoms with Gasteiger partial charge in [0.25, 0.3) is 0 Å². The first-order valence-electron chi connectivity index (χ1n) is 8.91. The molecular formula is C19H21N5O3. The van der Waals surface area contributed by atoms with E-state index in [0.29, 0.717) is 30.4 Å². The standard InChI is InChI=1S/C19H21N5O3/c1-13-20-18(23-22-13)16-8-4-10-24(16)19(25)21-15-7-2-3-9-17(15)27-12-14-6-5-11-26-14/h2-3,5-7,9,11,16H,4,8,10,12H2,1H3,(H,21,25)(H,20,22,23). The lowest BCUT2D eigenvalue weighted by Gasteiger charge is -2.23. The van der Waals surface area contributed by atoms with Gasteiger partial charge < -0.3 is 19.4 Å². The molecule has 2 aromatic heterocycles. The number of ether oxygens (including phenoxy) is 1. The number of urea groups is 1. The first-order valence-corrected chi connectivity index (χ1v) is 8.91. The number of hydrogen-bond acceptors (Lipinski definition) is 5. The lowest BCUT2D eigenvalue weighted by Crippen LogP contribution is -2.35. The number of aromatic amines is 1. The number of amides is 2. The molecule has 0 bridgehead atoms. The third-order valence-corrected chi connectivity index (χ3v) is 4.50. The van der Waals surface area contributed by atoms with Gasteiger partial charge in [-0.3, -0.25) is 5.10 Å². The maximum absolute atomic E-state index is 12.9. The third kappa shape index (κ3) is 3.79. The number of rotatable bonds is 5. The van der Waals surface area contributed by atoms with E-state index in [-0.39, 0.29) is 12.1 Å². The maximum atomic E-state index is 12.9. The number of aromatic nitrogens is 3. The molecule has 1 aromatic carbocycles. The Balaban J connectivity index is 1.46. The summed E-state index contributed by atoms with van der Waals surface area (Å²) in [5.41, 5.74) is 0.617. The van der Waals surface area contributed by atoms with Crippen molar-refractivity contribution >= 4 is 11.7 Å². The minimum absolute atomic E-state index is 0.119. The summed E-state index contributed by atoms with van der Waals surface area (Å²) in [6.07, 6.45) is 3.37. The zero-order valence-electron chi connectivity index (χ0n) is 15.0. The second-order valence-electron chi connectivity index (χ2n) is 6.42. The minimum Gasteiger partial charge on any atom is -0.483 e. The van der Waals surface area contributed by atoms with E-state index in [1.807, 2.05) is 43.3 Å². The van der Waals surface area contributed by atoms with Crippen molar-refractivity contribution in [2.24, 2.45) is 0 Å². The highest BCUT2D eigenvalue weighted by atomic mass is 16.5. The Hall–Kier alpha value is -3.29. The summed E-state index contributed by atoms with van der Waals surface area (Å²) in [4.78, 5) is 19.0. The summed E-state index contributed by atoms with van der Waals surface area (Å²) >= 11 is 0. The summed E-state index contributed by atoms with van der Waals surface area (Å²) in [7, 11) is 0. The van der Waals surface area contributed by atoms with Gasteiger partial charge >= 0.3 is 6.03 Å². The molecule has 1 unspecified atom stereocenters. The number of nitrogens with zero attached hydrogens (tertiary/aromatic N) is 3. The van der Waals surface area contributed by atoms with Crippen molar-refractivity contribution in [1.82, 2.24) is 20.1 Å². The van der Waals surface area contributed by atoms with E-state index >= 15 is 0 Å². The molecule has 0 saturated carbocycles. The molecular weight excluding hydrogens is 346 g/mol. The van der Waals surface area contributed by atoms with Crippen LogP contribution in [-0.2, 0) is 6.61 Å². The van der Waals surface area contributed by atoms with Crippen LogP contribution in [0.25, 0.3) is 0 Å². The fraction of sp³-hybridized carbons (Fsp3) is 0.316. The van der Waals surface area contributed by atoms with Crippen LogP contribution in [0, 0.1) is 6.92 Å². The summed E-state index contributed by atoms with van der Waals surface area (Å²) in [6, 6.07) is 10.7. The highest BCUT2D eigenvalue weighted by molar-refractivity contribution is 5.91. The molecule has 1 fully saturated rings. The van der Waals surface area contributed by atoms with Gasteiger partial charge in [-0.1, -0.05) is 12.1 Å². The number of anilines is 1. The number of benzene rings is 1. The Morgan fingerprint density at radius 2 is 2.26 bits per heavy atom. The number of para-hydroxylation sites is 2. The van der Waals surface area contributed by atoms with Gasteiger partial charge in [0.2, 0.25) is 0 Å². The molecule has 0 spiro atoms. The zero-order chi connectivity index (χ0) is 18.6. The van der Waals surface area contributed by atoms with Crippen LogP contribution in [0.2, 0.25) is 0 Å². The lowest BCUT2D eigenvalue weighted by molar-refractivity contribution is 0.204. The van der Waals surface area contributed by atoms with Gasteiger partial charge in [0, 0.05) is 6.54 Å². The average molecular weight is 367 g/mol. The number of furan rings is 1. The summed E-state index contributed by atoms with van der Waals surface area (Å²) in [5, 5.41) is 10.0. The number of hydrogen-bond donors (Lipinski definition) is 2. The Bertz CT molecular complexity index is 906. The van der Waals surface area contributed by atoms with Crippen molar-refractivity contribution < 1.29 is 13.9 Å². The van der Waals surface area contributed by atoms with Crippen molar-refractivity contribution in [3.05, 3.63) is 60.1 Å². The molecule has 0 radical (unpaired) electrons. The van der Waals surface area contributed by atoms with Gasteiger partial charge in [-0.05, 0) is 44.0 Å². The monoisotopic (exact) mass is 367 g/mol. The molecule has 27 heavy (non-hydrogen) atoms. The molecule has 8 heteroatoms. The van der Waals surface area contributed by atoms with E-state index in [1.165, 1.54) is 0 Å². The number of aryl methyl sites for hydroxylation is 1. The smallest absolute Gasteiger partial charge is 0.322 e. The molecule has 1 aliphatic heterocycles. The van der Waals surface area contributed by atoms with Gasteiger partial charge in [0.05, 0.1) is 18.0 Å². The van der Waals surface area contributed by atoms with Crippen LogP contribution in [0.3, 0.4) is 0 Å². The van der Waals surface area contributed by atoms with Gasteiger partial charge in [0.15, 0.2) is 5.82 Å². The molecule has 3 aromatic rings. The predicted octanol–water partition coefficient (Wildman–Crippen LogP) is 3.65. The largest absolute Gasteiger partial charge is 0.483 e. The van der Waals surface area contributed by atoms with Crippen LogP contribution in [0.4, 0.5) is 10.5 Å². The molecule has 140 valence electrons. The quantitative estimate of drug-likeness (QED) is 0.717. The Morgan fingerprint density at radius 3 is 3.04 bits per heavy atom. The SMILES string of the molecule is Cc1nc(C2CCCN2C(=O)Nc2ccccc2OCc2ccco2)n[nH]1. The summed E-state index contributed by atoms with van der Waals surface area (Å²) in [6.45, 7) is 2.81. The topological polar surface area (TPSA) is 96.3 Å². The molecule has 8 nitrogen and oxygen atoms in total. The van der Waals surface area contributed by atoms with Gasteiger partial charge in [-0.2, -0.15) is 5.10 Å². The molecule has 2 amide bonds. The fourth-order valence-corrected chi connectivity index (χ4v) is 3.21. The molecule has 3 heterocycles. The first kappa shape index (κ1) is 17.1. The average Bonchev–Trinajstić information content (AvgIpc) is 3.42. The highest BCUT2D eigenvalue weighted by Crippen LogP contribution is 2.32. The van der Waals surface area contributed by atoms with Crippen molar-refractivity contribution in [1.29, 1.82) is 0 Å². The van der Waals surface area contributed by atoms with Crippen molar-refractivity contribution in [3.63, 3.8) is 0 Å². The van der Waals surface area contributed by atoms with Crippen LogP contribution in [0.5, 0.6) is 5.75 Å². The number of likely N-dealkylation sites (tertiary alicyclic amines) is 1. The second kappa shape index (κ2) is 7.53. The van der Waals surface area contributed by atoms with Crippen LogP contribution in [0.1, 0.15) is 36.3 Å². The molecule has 0 aliphatic carbocycles. The predicted molar refractivity (Wildman–Crippen MR) is 98.3 cm³/mol. The number of nitrogens with one attached hydrogen (secondary N) is 2. The van der Waals surface area contributed by atoms with E-state index in [1.54, 1.807) is 11.2 Å². The van der Waals surface area contributed by atoms with Crippen LogP contribution < -0.4 is 10.1 Å². The van der Waals surface area contributed by atoms with Gasteiger partial charge in [-0.25, -0.2) is 9.78 Å². The zero-order valence-corrected chi connectivity index (χ0v) is 15.0. The highest BCUT2D eigenvalue weighted by Gasteiger charge is 2.33. The second-order valence-corrected chi connectivity index (χ2v) is 6.42. The van der Waals surface area contributed by atoms with Crippen LogP contribution in [-0.4, -0.2) is 32.7 Å². The minimum atomic E-state index is -0.186. The van der Waals surface area contributed by atoms with E-state index in [2.05, 4.69) is 20.5 Å². The fourth-order valence-electron chi connectivity index (χ4n) is 3.21. The van der Waals surface area contributed by atoms with Crippen LogP contribution >= 0.6 is 0 Å². The molecule has 4 rings (SSSR count). The molecule has 1 aliphatic rings. The lowest BCUT2D eigenvalue weighted by atomic mass is 10.2. The number of H-pyrrole nitrogens is 1. The van der Waals surface area contributed by atoms with Crippen molar-refractivity contribution in [2.45, 2.75) is 32.4 Å². The summed E-state index contributed by atoms with van der Waals surface area (Å²) in [5.74, 6) is 2.71. The normalized spacial score (nSPS) is 16.5. The van der Waals surface area contributed by atoms with E-state index in [9.17, 15) is 4.79 Å². The number of carbonyl (C=O) groups excluding carboxylic acids is 1. The Morgan fingerprint density at radius 1 is 1.37 bits per heavy atom. The van der Waals surface area contributed by atoms with E-state index in [0.717, 1.165) is 24.4 Å². The molecule has 1 saturated heterocycles. The van der Waals surface area contributed by atoms with Crippen LogP contribution in [0.15, 0.2) is 47.1 Å². The maximum Gasteiger partial charge on any atom is 0.322 e. The van der Waals surface area contributed by atoms with E-state index in [4.69, 9.17) is 9.15 Å². The van der Waals surface area contributed by atoms with E-state index < -0.39 is 0 Å². The Kier molecular flexibility index (Phi) is 4.78. The molecule has 2 N–H and O–H groups in total. The van der Waals surface area contributed by atoms with Gasteiger partial charge in [0.1, 0.15) is 23.9 Å². The van der Waals surface area contributed by atoms with Gasteiger partial charge in [-0.15, -0.1) is 0 Å². The third-order valence-electron chi connectivity index (χ3n) is 4.50. The van der Waals surface area contributed by atoms with Crippen molar-refractivity contribution in [2.75, 3.05) is 11.9 Å². The number of carbonyl (C=O) groups is 1. The summed E-state index contributed by atoms with van der Waals surface area (Å²) < 4.78 is 11.1. The first-order chi connectivity index (χ1) is 13.2. The Labute approximate surface area is 156 Å². The molecule has 1 atom stereocenters.